The number of hydrogen-bond donors (Lipinski definition) is 0. The Hall–Kier alpha value is -1.37. The van der Waals surface area contributed by atoms with Gasteiger partial charge in [0.25, 0.3) is 0 Å². The van der Waals surface area contributed by atoms with Crippen LogP contribution in [-0.2, 0) is 6.42 Å². The number of benzene rings is 1. The van der Waals surface area contributed by atoms with Gasteiger partial charge < -0.3 is 0 Å². The summed E-state index contributed by atoms with van der Waals surface area (Å²) in [4.78, 5) is 4.40. The van der Waals surface area contributed by atoms with Crippen molar-refractivity contribution >= 4 is 10.8 Å². The molecule has 2 rings (SSSR count). The van der Waals surface area contributed by atoms with Gasteiger partial charge in [-0.1, -0.05) is 37.6 Å². The summed E-state index contributed by atoms with van der Waals surface area (Å²) in [7, 11) is 0. The first kappa shape index (κ1) is 8.24. The fraction of sp³-hybridized carbons (Fsp3) is 0.250. The second-order valence-corrected chi connectivity index (χ2v) is 3.23. The minimum absolute atomic E-state index is 1.07. The molecule has 13 heavy (non-hydrogen) atoms. The summed E-state index contributed by atoms with van der Waals surface area (Å²) < 4.78 is 0. The van der Waals surface area contributed by atoms with E-state index in [1.165, 1.54) is 16.5 Å². The molecule has 0 aliphatic rings. The molecule has 0 unspecified atom stereocenters. The third kappa shape index (κ3) is 1.55. The third-order valence-electron chi connectivity index (χ3n) is 2.24. The molecule has 1 nitrogen and oxygen atoms in total. The van der Waals surface area contributed by atoms with Gasteiger partial charge in [0.1, 0.15) is 0 Å². The van der Waals surface area contributed by atoms with E-state index in [4.69, 9.17) is 0 Å². The van der Waals surface area contributed by atoms with Crippen molar-refractivity contribution in [3.8, 4) is 0 Å². The SMILES string of the molecule is CCCc1nccc2ccccc12. The first-order valence-electron chi connectivity index (χ1n) is 4.74. The zero-order valence-corrected chi connectivity index (χ0v) is 7.83. The van der Waals surface area contributed by atoms with Crippen molar-refractivity contribution in [1.82, 2.24) is 4.98 Å². The van der Waals surface area contributed by atoms with E-state index in [1.54, 1.807) is 0 Å². The van der Waals surface area contributed by atoms with Gasteiger partial charge in [-0.15, -0.1) is 0 Å². The van der Waals surface area contributed by atoms with Gasteiger partial charge in [0.2, 0.25) is 0 Å². The average molecular weight is 171 g/mol. The van der Waals surface area contributed by atoms with Gasteiger partial charge in [-0.2, -0.15) is 0 Å². The molecule has 0 saturated heterocycles. The van der Waals surface area contributed by atoms with E-state index in [9.17, 15) is 0 Å². The molecule has 1 aromatic carbocycles. The van der Waals surface area contributed by atoms with Crippen LogP contribution in [0.1, 0.15) is 19.0 Å². The van der Waals surface area contributed by atoms with Crippen LogP contribution in [0.25, 0.3) is 10.8 Å². The predicted molar refractivity (Wildman–Crippen MR) is 55.7 cm³/mol. The van der Waals surface area contributed by atoms with Gasteiger partial charge in [0.05, 0.1) is 0 Å². The van der Waals surface area contributed by atoms with E-state index in [1.807, 2.05) is 6.20 Å². The lowest BCUT2D eigenvalue weighted by Gasteiger charge is -2.02. The zero-order valence-electron chi connectivity index (χ0n) is 7.83. The Morgan fingerprint density at radius 1 is 1.15 bits per heavy atom. The van der Waals surface area contributed by atoms with Crippen LogP contribution in [-0.4, -0.2) is 4.98 Å². The Morgan fingerprint density at radius 3 is 2.85 bits per heavy atom. The van der Waals surface area contributed by atoms with E-state index < -0.39 is 0 Å². The zero-order chi connectivity index (χ0) is 9.10. The highest BCUT2D eigenvalue weighted by Gasteiger charge is 1.98. The highest BCUT2D eigenvalue weighted by molar-refractivity contribution is 5.84. The number of hydrogen-bond acceptors (Lipinski definition) is 1. The molecule has 0 bridgehead atoms. The summed E-state index contributed by atoms with van der Waals surface area (Å²) in [5.41, 5.74) is 1.22. The topological polar surface area (TPSA) is 12.9 Å². The summed E-state index contributed by atoms with van der Waals surface area (Å²) in [6.07, 6.45) is 4.12. The Morgan fingerprint density at radius 2 is 2.00 bits per heavy atom. The van der Waals surface area contributed by atoms with Crippen molar-refractivity contribution in [2.24, 2.45) is 0 Å². The number of nitrogens with zero attached hydrogens (tertiary/aromatic N) is 1. The number of pyridine rings is 1. The fourth-order valence-corrected chi connectivity index (χ4v) is 1.62. The monoisotopic (exact) mass is 171 g/mol. The van der Waals surface area contributed by atoms with Gasteiger partial charge >= 0.3 is 0 Å². The molecular weight excluding hydrogens is 158 g/mol. The van der Waals surface area contributed by atoms with E-state index in [-0.39, 0.29) is 0 Å². The fourth-order valence-electron chi connectivity index (χ4n) is 1.62. The van der Waals surface area contributed by atoms with Crippen molar-refractivity contribution in [2.75, 3.05) is 0 Å². The maximum Gasteiger partial charge on any atom is 0.0481 e. The second kappa shape index (κ2) is 3.56. The molecule has 0 atom stereocenters. The molecule has 0 fully saturated rings. The molecule has 0 N–H and O–H groups in total. The van der Waals surface area contributed by atoms with Crippen molar-refractivity contribution in [1.29, 1.82) is 0 Å². The van der Waals surface area contributed by atoms with Crippen LogP contribution in [0.4, 0.5) is 0 Å². The molecule has 2 aromatic rings. The van der Waals surface area contributed by atoms with Crippen molar-refractivity contribution in [3.05, 3.63) is 42.2 Å². The third-order valence-corrected chi connectivity index (χ3v) is 2.24. The van der Waals surface area contributed by atoms with E-state index in [2.05, 4.69) is 42.2 Å². The van der Waals surface area contributed by atoms with Gasteiger partial charge in [0.15, 0.2) is 0 Å². The van der Waals surface area contributed by atoms with Gasteiger partial charge in [-0.05, 0) is 17.9 Å². The lowest BCUT2D eigenvalue weighted by atomic mass is 10.1. The predicted octanol–water partition coefficient (Wildman–Crippen LogP) is 3.19. The Bertz CT molecular complexity index is 401. The molecule has 1 aromatic heterocycles. The Balaban J connectivity index is 2.61. The number of rotatable bonds is 2. The van der Waals surface area contributed by atoms with Gasteiger partial charge in [-0.25, -0.2) is 0 Å². The minimum atomic E-state index is 1.07. The molecule has 0 amide bonds. The summed E-state index contributed by atoms with van der Waals surface area (Å²) >= 11 is 0. The lowest BCUT2D eigenvalue weighted by molar-refractivity contribution is 0.893. The first-order valence-corrected chi connectivity index (χ1v) is 4.74. The lowest BCUT2D eigenvalue weighted by Crippen LogP contribution is -1.89. The molecular formula is C12H13N. The highest BCUT2D eigenvalue weighted by atomic mass is 14.7. The Labute approximate surface area is 78.4 Å². The van der Waals surface area contributed by atoms with Gasteiger partial charge in [0, 0.05) is 17.3 Å². The standard InChI is InChI=1S/C12H13N/c1-2-5-12-11-7-4-3-6-10(11)8-9-13-12/h3-4,6-9H,2,5H2,1H3. The molecule has 66 valence electrons. The normalized spacial score (nSPS) is 10.5. The number of fused-ring (bicyclic) bond motifs is 1. The molecule has 0 radical (unpaired) electrons. The summed E-state index contributed by atoms with van der Waals surface area (Å²) in [5.74, 6) is 0. The molecule has 0 saturated carbocycles. The van der Waals surface area contributed by atoms with Crippen LogP contribution >= 0.6 is 0 Å². The quantitative estimate of drug-likeness (QED) is 0.676. The first-order chi connectivity index (χ1) is 6.42. The van der Waals surface area contributed by atoms with Crippen LogP contribution in [0.5, 0.6) is 0 Å². The maximum absolute atomic E-state index is 4.40. The van der Waals surface area contributed by atoms with Crippen LogP contribution < -0.4 is 0 Å². The van der Waals surface area contributed by atoms with E-state index in [0.717, 1.165) is 12.8 Å². The van der Waals surface area contributed by atoms with Crippen LogP contribution in [0, 0.1) is 0 Å². The smallest absolute Gasteiger partial charge is 0.0481 e. The van der Waals surface area contributed by atoms with Crippen LogP contribution in [0.3, 0.4) is 0 Å². The van der Waals surface area contributed by atoms with Crippen molar-refractivity contribution in [3.63, 3.8) is 0 Å². The molecule has 1 heterocycles. The molecule has 0 spiro atoms. The highest BCUT2D eigenvalue weighted by Crippen LogP contribution is 2.16. The number of aryl methyl sites for hydroxylation is 1. The minimum Gasteiger partial charge on any atom is -0.261 e. The maximum atomic E-state index is 4.40. The van der Waals surface area contributed by atoms with Crippen LogP contribution in [0.15, 0.2) is 36.5 Å². The summed E-state index contributed by atoms with van der Waals surface area (Å²) in [5, 5.41) is 2.59. The second-order valence-electron chi connectivity index (χ2n) is 3.23. The van der Waals surface area contributed by atoms with E-state index >= 15 is 0 Å². The van der Waals surface area contributed by atoms with Gasteiger partial charge in [-0.3, -0.25) is 4.98 Å². The summed E-state index contributed by atoms with van der Waals surface area (Å²) in [6.45, 7) is 2.18. The summed E-state index contributed by atoms with van der Waals surface area (Å²) in [6, 6.07) is 10.5. The number of aromatic nitrogens is 1. The molecule has 1 heteroatoms. The molecule has 0 aliphatic carbocycles. The average Bonchev–Trinajstić information content (AvgIpc) is 2.19. The van der Waals surface area contributed by atoms with Crippen LogP contribution in [0.2, 0.25) is 0 Å². The molecule has 0 aliphatic heterocycles. The Kier molecular flexibility index (Phi) is 2.26. The van der Waals surface area contributed by atoms with Crippen molar-refractivity contribution in [2.45, 2.75) is 19.8 Å². The van der Waals surface area contributed by atoms with E-state index in [0.29, 0.717) is 0 Å². The largest absolute Gasteiger partial charge is 0.261 e. The van der Waals surface area contributed by atoms with Crippen molar-refractivity contribution < 1.29 is 0 Å².